The average Bonchev–Trinajstić information content (AvgIpc) is 3.29. The summed E-state index contributed by atoms with van der Waals surface area (Å²) in [4.78, 5) is 21.5. The number of amides is 1. The average molecular weight is 453 g/mol. The molecular formula is C25H33FN6O. The zero-order chi connectivity index (χ0) is 22.9. The van der Waals surface area contributed by atoms with E-state index in [9.17, 15) is 9.18 Å². The minimum atomic E-state index is -0.626. The summed E-state index contributed by atoms with van der Waals surface area (Å²) >= 11 is 0. The van der Waals surface area contributed by atoms with Crippen molar-refractivity contribution in [2.24, 2.45) is 11.8 Å². The molecule has 2 saturated carbocycles. The van der Waals surface area contributed by atoms with Crippen molar-refractivity contribution in [1.82, 2.24) is 24.6 Å². The maximum absolute atomic E-state index is 13.3. The number of fused-ring (bicyclic) bond motifs is 1. The van der Waals surface area contributed by atoms with Gasteiger partial charge in [0.1, 0.15) is 12.0 Å². The van der Waals surface area contributed by atoms with Crippen LogP contribution in [-0.2, 0) is 0 Å². The molecule has 0 bridgehead atoms. The highest BCUT2D eigenvalue weighted by Crippen LogP contribution is 2.64. The molecule has 2 saturated heterocycles. The summed E-state index contributed by atoms with van der Waals surface area (Å²) in [5.41, 5.74) is 9.54. The molecule has 8 heteroatoms. The fourth-order valence-electron chi connectivity index (χ4n) is 6.39. The lowest BCUT2D eigenvalue weighted by molar-refractivity contribution is 0.0247. The zero-order valence-electron chi connectivity index (χ0n) is 19.5. The Morgan fingerprint density at radius 1 is 1.15 bits per heavy atom. The first-order valence-corrected chi connectivity index (χ1v) is 12.4. The fraction of sp³-hybridized carbons (Fsp3) is 0.640. The van der Waals surface area contributed by atoms with Gasteiger partial charge in [0, 0.05) is 61.6 Å². The molecule has 2 N–H and O–H groups in total. The van der Waals surface area contributed by atoms with Crippen LogP contribution in [0.3, 0.4) is 0 Å². The molecule has 2 aliphatic heterocycles. The van der Waals surface area contributed by atoms with Gasteiger partial charge in [-0.2, -0.15) is 5.10 Å². The number of alkyl halides is 1. The second-order valence-electron chi connectivity index (χ2n) is 10.7. The second kappa shape index (κ2) is 7.79. The van der Waals surface area contributed by atoms with E-state index in [1.807, 2.05) is 11.0 Å². The first kappa shape index (κ1) is 21.1. The molecule has 2 aromatic rings. The van der Waals surface area contributed by atoms with Crippen molar-refractivity contribution in [2.45, 2.75) is 63.7 Å². The number of carbonyl (C=O) groups excluding carboxylic acids is 1. The predicted octanol–water partition coefficient (Wildman–Crippen LogP) is 3.49. The van der Waals surface area contributed by atoms with Crippen molar-refractivity contribution in [1.29, 1.82) is 0 Å². The number of carbonyl (C=O) groups is 1. The van der Waals surface area contributed by atoms with E-state index in [0.717, 1.165) is 37.2 Å². The maximum Gasteiger partial charge on any atom is 0.257 e. The Morgan fingerprint density at radius 3 is 2.48 bits per heavy atom. The largest absolute Gasteiger partial charge is 0.383 e. The molecule has 0 spiro atoms. The van der Waals surface area contributed by atoms with Crippen LogP contribution in [-0.4, -0.2) is 68.9 Å². The van der Waals surface area contributed by atoms with Crippen molar-refractivity contribution in [3.8, 4) is 11.3 Å². The van der Waals surface area contributed by atoms with Gasteiger partial charge in [-0.1, -0.05) is 0 Å². The normalized spacial score (nSPS) is 29.5. The standard InChI is InChI=1S/C25H33FN6O/c1-14(2)32-22(23-18-8-17(9-19(18)23)31-12-16(26)13-31)10-21(29-32)15-7-20(24(27)28-11-15)25(33)30-5-3-4-6-30/h7,10-11,14,16-19,23H,3-6,8-9,12-13H2,1-2H3,(H2,27,28)/t17-,18+,19-,23-. The summed E-state index contributed by atoms with van der Waals surface area (Å²) in [6.07, 6.45) is 5.51. The lowest BCUT2D eigenvalue weighted by Gasteiger charge is -2.40. The van der Waals surface area contributed by atoms with Crippen LogP contribution in [0.4, 0.5) is 10.2 Å². The Hall–Kier alpha value is -2.48. The maximum atomic E-state index is 13.3. The molecule has 2 aromatic heterocycles. The van der Waals surface area contributed by atoms with E-state index in [2.05, 4.69) is 34.5 Å². The van der Waals surface area contributed by atoms with Crippen molar-refractivity contribution >= 4 is 11.7 Å². The monoisotopic (exact) mass is 452 g/mol. The zero-order valence-corrected chi connectivity index (χ0v) is 19.5. The van der Waals surface area contributed by atoms with E-state index in [1.165, 1.54) is 18.5 Å². The Bertz CT molecular complexity index is 1060. The Labute approximate surface area is 194 Å². The van der Waals surface area contributed by atoms with Gasteiger partial charge in [0.2, 0.25) is 0 Å². The molecule has 1 amide bonds. The van der Waals surface area contributed by atoms with Gasteiger partial charge in [0.05, 0.1) is 11.3 Å². The Morgan fingerprint density at radius 2 is 1.85 bits per heavy atom. The lowest BCUT2D eigenvalue weighted by Crippen LogP contribution is -2.53. The number of nitrogens with zero attached hydrogens (tertiary/aromatic N) is 5. The number of hydrogen-bond donors (Lipinski definition) is 1. The molecular weight excluding hydrogens is 419 g/mol. The number of likely N-dealkylation sites (tertiary alicyclic amines) is 2. The van der Waals surface area contributed by atoms with Crippen LogP contribution in [0.2, 0.25) is 0 Å². The highest BCUT2D eigenvalue weighted by atomic mass is 19.1. The van der Waals surface area contributed by atoms with Gasteiger partial charge in [0.25, 0.3) is 5.91 Å². The molecule has 6 rings (SSSR count). The minimum absolute atomic E-state index is 0.0351. The topological polar surface area (TPSA) is 80.3 Å². The van der Waals surface area contributed by atoms with Gasteiger partial charge in [-0.05, 0) is 63.5 Å². The predicted molar refractivity (Wildman–Crippen MR) is 125 cm³/mol. The van der Waals surface area contributed by atoms with E-state index in [0.29, 0.717) is 42.4 Å². The molecule has 4 atom stereocenters. The van der Waals surface area contributed by atoms with Gasteiger partial charge in [-0.15, -0.1) is 0 Å². The van der Waals surface area contributed by atoms with Crippen molar-refractivity contribution in [3.05, 3.63) is 29.6 Å². The summed E-state index contributed by atoms with van der Waals surface area (Å²) in [5, 5.41) is 4.94. The Kier molecular flexibility index (Phi) is 4.98. The summed E-state index contributed by atoms with van der Waals surface area (Å²) < 4.78 is 15.4. The molecule has 0 unspecified atom stereocenters. The van der Waals surface area contributed by atoms with E-state index >= 15 is 0 Å². The number of pyridine rings is 1. The quantitative estimate of drug-likeness (QED) is 0.751. The van der Waals surface area contributed by atoms with Gasteiger partial charge in [0.15, 0.2) is 0 Å². The number of aromatic nitrogens is 3. The molecule has 33 heavy (non-hydrogen) atoms. The van der Waals surface area contributed by atoms with E-state index < -0.39 is 6.17 Å². The van der Waals surface area contributed by atoms with E-state index in [1.54, 1.807) is 6.20 Å². The first-order valence-electron chi connectivity index (χ1n) is 12.4. The second-order valence-corrected chi connectivity index (χ2v) is 10.7. The SMILES string of the molecule is CC(C)n1nc(-c2cnc(N)c(C(=O)N3CCCC3)c2)cc1[C@H]1[C@@H]2C[C@H](N3CC(F)C3)C[C@@H]21. The Balaban J connectivity index is 1.24. The molecule has 4 aliphatic rings. The summed E-state index contributed by atoms with van der Waals surface area (Å²) in [6.45, 7) is 7.11. The molecule has 4 fully saturated rings. The number of halogens is 1. The molecule has 0 aromatic carbocycles. The van der Waals surface area contributed by atoms with Crippen LogP contribution in [0.1, 0.15) is 67.5 Å². The third kappa shape index (κ3) is 3.54. The molecule has 2 aliphatic carbocycles. The van der Waals surface area contributed by atoms with Crippen LogP contribution in [0.25, 0.3) is 11.3 Å². The molecule has 4 heterocycles. The summed E-state index contributed by atoms with van der Waals surface area (Å²) in [7, 11) is 0. The smallest absolute Gasteiger partial charge is 0.257 e. The van der Waals surface area contributed by atoms with Crippen LogP contribution >= 0.6 is 0 Å². The number of rotatable bonds is 5. The molecule has 0 radical (unpaired) electrons. The van der Waals surface area contributed by atoms with Crippen LogP contribution in [0, 0.1) is 11.8 Å². The molecule has 7 nitrogen and oxygen atoms in total. The van der Waals surface area contributed by atoms with Gasteiger partial charge in [-0.3, -0.25) is 14.4 Å². The van der Waals surface area contributed by atoms with E-state index in [-0.39, 0.29) is 17.8 Å². The van der Waals surface area contributed by atoms with Crippen molar-refractivity contribution in [3.63, 3.8) is 0 Å². The highest BCUT2D eigenvalue weighted by Gasteiger charge is 2.59. The van der Waals surface area contributed by atoms with Crippen LogP contribution in [0.15, 0.2) is 18.3 Å². The summed E-state index contributed by atoms with van der Waals surface area (Å²) in [6, 6.07) is 4.86. The molecule has 176 valence electrons. The summed E-state index contributed by atoms with van der Waals surface area (Å²) in [5.74, 6) is 2.12. The third-order valence-corrected chi connectivity index (χ3v) is 8.23. The number of nitrogens with two attached hydrogens (primary N) is 1. The van der Waals surface area contributed by atoms with Gasteiger partial charge in [-0.25, -0.2) is 9.37 Å². The van der Waals surface area contributed by atoms with E-state index in [4.69, 9.17) is 10.8 Å². The first-order chi connectivity index (χ1) is 15.9. The van der Waals surface area contributed by atoms with Crippen LogP contribution < -0.4 is 5.73 Å². The lowest BCUT2D eigenvalue weighted by atomic mass is 9.99. The third-order valence-electron chi connectivity index (χ3n) is 8.23. The van der Waals surface area contributed by atoms with Crippen LogP contribution in [0.5, 0.6) is 0 Å². The van der Waals surface area contributed by atoms with Gasteiger partial charge < -0.3 is 10.6 Å². The van der Waals surface area contributed by atoms with Gasteiger partial charge >= 0.3 is 0 Å². The van der Waals surface area contributed by atoms with Crippen molar-refractivity contribution < 1.29 is 9.18 Å². The number of nitrogen functional groups attached to an aromatic ring is 1. The fourth-order valence-corrected chi connectivity index (χ4v) is 6.39. The minimum Gasteiger partial charge on any atom is -0.383 e. The van der Waals surface area contributed by atoms with Crippen molar-refractivity contribution in [2.75, 3.05) is 31.9 Å². The highest BCUT2D eigenvalue weighted by molar-refractivity contribution is 5.99. The number of anilines is 1. The number of hydrogen-bond acceptors (Lipinski definition) is 5.